The summed E-state index contributed by atoms with van der Waals surface area (Å²) in [5, 5.41) is 0. The SMILES string of the molecule is CCCN(CCC)c1nc(C)cc(N2CCCC(C)C2)n1. The second-order valence-electron chi connectivity index (χ2n) is 6.35. The Morgan fingerprint density at radius 2 is 1.95 bits per heavy atom. The van der Waals surface area contributed by atoms with Gasteiger partial charge in [-0.1, -0.05) is 20.8 Å². The number of hydrogen-bond donors (Lipinski definition) is 0. The van der Waals surface area contributed by atoms with Crippen LogP contribution in [0.5, 0.6) is 0 Å². The Hall–Kier alpha value is -1.32. The van der Waals surface area contributed by atoms with E-state index in [1.54, 1.807) is 0 Å². The van der Waals surface area contributed by atoms with Crippen molar-refractivity contribution in [3.63, 3.8) is 0 Å². The van der Waals surface area contributed by atoms with E-state index in [4.69, 9.17) is 4.98 Å². The molecule has 4 nitrogen and oxygen atoms in total. The molecule has 118 valence electrons. The van der Waals surface area contributed by atoms with Gasteiger partial charge in [0.2, 0.25) is 5.95 Å². The van der Waals surface area contributed by atoms with Gasteiger partial charge in [-0.05, 0) is 38.5 Å². The number of piperidine rings is 1. The van der Waals surface area contributed by atoms with Gasteiger partial charge in [0.15, 0.2) is 0 Å². The molecule has 1 unspecified atom stereocenters. The van der Waals surface area contributed by atoms with Gasteiger partial charge >= 0.3 is 0 Å². The van der Waals surface area contributed by atoms with Gasteiger partial charge in [0, 0.05) is 37.9 Å². The third-order valence-electron chi connectivity index (χ3n) is 4.08. The van der Waals surface area contributed by atoms with E-state index in [2.05, 4.69) is 48.5 Å². The highest BCUT2D eigenvalue weighted by Crippen LogP contribution is 2.23. The smallest absolute Gasteiger partial charge is 0.227 e. The first-order valence-electron chi connectivity index (χ1n) is 8.49. The molecule has 1 aliphatic heterocycles. The number of aromatic nitrogens is 2. The normalized spacial score (nSPS) is 18.9. The summed E-state index contributed by atoms with van der Waals surface area (Å²) in [6, 6.07) is 2.14. The van der Waals surface area contributed by atoms with Crippen LogP contribution in [0, 0.1) is 12.8 Å². The van der Waals surface area contributed by atoms with Crippen molar-refractivity contribution in [3.05, 3.63) is 11.8 Å². The van der Waals surface area contributed by atoms with E-state index in [1.807, 2.05) is 0 Å². The zero-order chi connectivity index (χ0) is 15.2. The summed E-state index contributed by atoms with van der Waals surface area (Å²) in [7, 11) is 0. The standard InChI is InChI=1S/C17H30N4/c1-5-9-20(10-6-2)17-18-15(4)12-16(19-17)21-11-7-8-14(3)13-21/h12,14H,5-11,13H2,1-4H3. The molecular weight excluding hydrogens is 260 g/mol. The number of hydrogen-bond acceptors (Lipinski definition) is 4. The number of aryl methyl sites for hydroxylation is 1. The fourth-order valence-electron chi connectivity index (χ4n) is 3.09. The van der Waals surface area contributed by atoms with Gasteiger partial charge in [-0.3, -0.25) is 0 Å². The predicted octanol–water partition coefficient (Wildman–Crippen LogP) is 3.65. The maximum absolute atomic E-state index is 4.87. The van der Waals surface area contributed by atoms with Crippen molar-refractivity contribution in [2.45, 2.75) is 53.4 Å². The lowest BCUT2D eigenvalue weighted by Gasteiger charge is -2.32. The first-order chi connectivity index (χ1) is 10.1. The monoisotopic (exact) mass is 290 g/mol. The minimum absolute atomic E-state index is 0.764. The number of nitrogens with zero attached hydrogens (tertiary/aromatic N) is 4. The first-order valence-corrected chi connectivity index (χ1v) is 8.49. The molecule has 0 aliphatic carbocycles. The Labute approximate surface area is 129 Å². The molecule has 1 aliphatic rings. The number of anilines is 2. The lowest BCUT2D eigenvalue weighted by Crippen LogP contribution is -2.35. The van der Waals surface area contributed by atoms with Crippen molar-refractivity contribution in [2.75, 3.05) is 36.0 Å². The van der Waals surface area contributed by atoms with Gasteiger partial charge in [0.05, 0.1) is 0 Å². The molecule has 0 N–H and O–H groups in total. The van der Waals surface area contributed by atoms with Gasteiger partial charge in [-0.25, -0.2) is 4.98 Å². The Balaban J connectivity index is 2.22. The molecule has 1 saturated heterocycles. The molecular formula is C17H30N4. The molecule has 1 aromatic heterocycles. The van der Waals surface area contributed by atoms with Crippen LogP contribution in [0.15, 0.2) is 6.07 Å². The van der Waals surface area contributed by atoms with Crippen LogP contribution in [0.1, 0.15) is 52.1 Å². The van der Waals surface area contributed by atoms with Gasteiger partial charge < -0.3 is 9.80 Å². The molecule has 1 fully saturated rings. The highest BCUT2D eigenvalue weighted by atomic mass is 15.3. The van der Waals surface area contributed by atoms with Gasteiger partial charge in [-0.2, -0.15) is 4.98 Å². The van der Waals surface area contributed by atoms with Crippen LogP contribution in [-0.2, 0) is 0 Å². The quantitative estimate of drug-likeness (QED) is 0.800. The molecule has 1 atom stereocenters. The van der Waals surface area contributed by atoms with Crippen LogP contribution in [0.2, 0.25) is 0 Å². The third-order valence-corrected chi connectivity index (χ3v) is 4.08. The van der Waals surface area contributed by atoms with Gasteiger partial charge in [0.25, 0.3) is 0 Å². The van der Waals surface area contributed by atoms with Crippen LogP contribution < -0.4 is 9.80 Å². The van der Waals surface area contributed by atoms with E-state index in [9.17, 15) is 0 Å². The topological polar surface area (TPSA) is 32.3 Å². The molecule has 0 bridgehead atoms. The van der Waals surface area contributed by atoms with E-state index in [-0.39, 0.29) is 0 Å². The van der Waals surface area contributed by atoms with E-state index >= 15 is 0 Å². The van der Waals surface area contributed by atoms with Crippen LogP contribution in [0.25, 0.3) is 0 Å². The van der Waals surface area contributed by atoms with Gasteiger partial charge in [-0.15, -0.1) is 0 Å². The van der Waals surface area contributed by atoms with Crippen molar-refractivity contribution in [1.82, 2.24) is 9.97 Å². The third kappa shape index (κ3) is 4.32. The minimum atomic E-state index is 0.764. The van der Waals surface area contributed by atoms with Crippen molar-refractivity contribution < 1.29 is 0 Å². The molecule has 2 heterocycles. The molecule has 1 aromatic rings. The fraction of sp³-hybridized carbons (Fsp3) is 0.765. The van der Waals surface area contributed by atoms with Crippen LogP contribution in [0.3, 0.4) is 0 Å². The van der Waals surface area contributed by atoms with Crippen molar-refractivity contribution in [3.8, 4) is 0 Å². The van der Waals surface area contributed by atoms with Crippen LogP contribution >= 0.6 is 0 Å². The van der Waals surface area contributed by atoms with Crippen molar-refractivity contribution in [2.24, 2.45) is 5.92 Å². The fourth-order valence-corrected chi connectivity index (χ4v) is 3.09. The second-order valence-corrected chi connectivity index (χ2v) is 6.35. The van der Waals surface area contributed by atoms with E-state index in [0.717, 1.165) is 62.4 Å². The van der Waals surface area contributed by atoms with E-state index in [1.165, 1.54) is 12.8 Å². The lowest BCUT2D eigenvalue weighted by molar-refractivity contribution is 0.444. The molecule has 4 heteroatoms. The summed E-state index contributed by atoms with van der Waals surface area (Å²) in [6.07, 6.45) is 4.87. The van der Waals surface area contributed by atoms with Crippen LogP contribution in [-0.4, -0.2) is 36.1 Å². The van der Waals surface area contributed by atoms with Crippen LogP contribution in [0.4, 0.5) is 11.8 Å². The molecule has 2 rings (SSSR count). The zero-order valence-electron chi connectivity index (χ0n) is 14.1. The van der Waals surface area contributed by atoms with Crippen molar-refractivity contribution >= 4 is 11.8 Å². The summed E-state index contributed by atoms with van der Waals surface area (Å²) >= 11 is 0. The molecule has 0 radical (unpaired) electrons. The summed E-state index contributed by atoms with van der Waals surface area (Å²) in [5.41, 5.74) is 1.07. The van der Waals surface area contributed by atoms with Crippen molar-refractivity contribution in [1.29, 1.82) is 0 Å². The first kappa shape index (κ1) is 16.1. The highest BCUT2D eigenvalue weighted by molar-refractivity contribution is 5.46. The molecule has 0 aromatic carbocycles. The van der Waals surface area contributed by atoms with E-state index < -0.39 is 0 Å². The Morgan fingerprint density at radius 1 is 1.24 bits per heavy atom. The summed E-state index contributed by atoms with van der Waals surface area (Å²) in [4.78, 5) is 14.3. The maximum Gasteiger partial charge on any atom is 0.227 e. The summed E-state index contributed by atoms with van der Waals surface area (Å²) in [6.45, 7) is 13.2. The summed E-state index contributed by atoms with van der Waals surface area (Å²) in [5.74, 6) is 2.79. The Bertz CT molecular complexity index is 417. The lowest BCUT2D eigenvalue weighted by atomic mass is 10.0. The highest BCUT2D eigenvalue weighted by Gasteiger charge is 2.19. The van der Waals surface area contributed by atoms with Gasteiger partial charge in [0.1, 0.15) is 5.82 Å². The second kappa shape index (κ2) is 7.62. The Kier molecular flexibility index (Phi) is 5.83. The average Bonchev–Trinajstić information content (AvgIpc) is 2.46. The predicted molar refractivity (Wildman–Crippen MR) is 90.2 cm³/mol. The minimum Gasteiger partial charge on any atom is -0.356 e. The molecule has 0 spiro atoms. The molecule has 0 saturated carbocycles. The molecule has 0 amide bonds. The summed E-state index contributed by atoms with van der Waals surface area (Å²) < 4.78 is 0. The largest absolute Gasteiger partial charge is 0.356 e. The average molecular weight is 290 g/mol. The number of rotatable bonds is 6. The molecule has 21 heavy (non-hydrogen) atoms. The Morgan fingerprint density at radius 3 is 2.57 bits per heavy atom. The van der Waals surface area contributed by atoms with E-state index in [0.29, 0.717) is 0 Å². The zero-order valence-corrected chi connectivity index (χ0v) is 14.1. The maximum atomic E-state index is 4.87.